The predicted molar refractivity (Wildman–Crippen MR) is 91.4 cm³/mol. The Morgan fingerprint density at radius 1 is 1.04 bits per heavy atom. The van der Waals surface area contributed by atoms with E-state index in [1.807, 2.05) is 13.8 Å². The second-order valence-electron chi connectivity index (χ2n) is 5.82. The van der Waals surface area contributed by atoms with E-state index in [0.29, 0.717) is 19.5 Å². The topological polar surface area (TPSA) is 49.9 Å². The summed E-state index contributed by atoms with van der Waals surface area (Å²) in [7, 11) is 1.51. The second-order valence-corrected chi connectivity index (χ2v) is 5.82. The molecule has 0 bridgehead atoms. The molecule has 0 unspecified atom stereocenters. The number of benzene rings is 1. The Kier molecular flexibility index (Phi) is 8.41. The lowest BCUT2D eigenvalue weighted by Crippen LogP contribution is -2.31. The largest absolute Gasteiger partial charge is 0.573 e. The Bertz CT molecular complexity index is 602. The Morgan fingerprint density at radius 3 is 2.19 bits per heavy atom. The molecule has 1 aromatic carbocycles. The molecule has 5 nitrogen and oxygen atoms in total. The zero-order chi connectivity index (χ0) is 19.7. The van der Waals surface area contributed by atoms with Crippen molar-refractivity contribution in [3.63, 3.8) is 0 Å². The number of carbonyl (C=O) groups excluding carboxylic acids is 2. The van der Waals surface area contributed by atoms with E-state index in [1.165, 1.54) is 30.1 Å². The van der Waals surface area contributed by atoms with Gasteiger partial charge in [-0.3, -0.25) is 9.59 Å². The van der Waals surface area contributed by atoms with Gasteiger partial charge >= 0.3 is 6.36 Å². The Hall–Kier alpha value is -2.25. The maximum absolute atomic E-state index is 12.4. The minimum absolute atomic E-state index is 0.00488. The molecule has 0 aliphatic carbocycles. The zero-order valence-electron chi connectivity index (χ0n) is 15.3. The number of hydrogen-bond donors (Lipinski definition) is 0. The van der Waals surface area contributed by atoms with Crippen LogP contribution in [0.2, 0.25) is 0 Å². The summed E-state index contributed by atoms with van der Waals surface area (Å²) in [5.74, 6) is -0.565. The van der Waals surface area contributed by atoms with Gasteiger partial charge in [0.15, 0.2) is 0 Å². The van der Waals surface area contributed by atoms with Crippen molar-refractivity contribution in [3.05, 3.63) is 29.8 Å². The molecule has 1 aromatic rings. The highest BCUT2D eigenvalue weighted by molar-refractivity contribution is 5.79. The summed E-state index contributed by atoms with van der Waals surface area (Å²) < 4.78 is 41.3. The van der Waals surface area contributed by atoms with Gasteiger partial charge in [-0.25, -0.2) is 0 Å². The van der Waals surface area contributed by atoms with E-state index in [2.05, 4.69) is 4.74 Å². The van der Waals surface area contributed by atoms with Crippen LogP contribution in [0.4, 0.5) is 13.2 Å². The quantitative estimate of drug-likeness (QED) is 0.664. The molecule has 0 N–H and O–H groups in total. The minimum Gasteiger partial charge on any atom is -0.405 e. The van der Waals surface area contributed by atoms with E-state index in [4.69, 9.17) is 0 Å². The molecule has 0 fully saturated rings. The lowest BCUT2D eigenvalue weighted by Gasteiger charge is -2.21. The molecule has 0 radical (unpaired) electrons. The van der Waals surface area contributed by atoms with Crippen LogP contribution in [0.5, 0.6) is 5.75 Å². The number of nitrogens with zero attached hydrogens (tertiary/aromatic N) is 2. The van der Waals surface area contributed by atoms with Crippen molar-refractivity contribution in [1.29, 1.82) is 0 Å². The van der Waals surface area contributed by atoms with Gasteiger partial charge in [-0.2, -0.15) is 0 Å². The summed E-state index contributed by atoms with van der Waals surface area (Å²) >= 11 is 0. The standard InChI is InChI=1S/C18H25F3N2O3/c1-4-23(5-2)17(25)12-8-11-16(24)22(3)13-14-9-6-7-10-15(14)26-18(19,20)21/h6-7,9-10H,4-5,8,11-13H2,1-3H3. The highest BCUT2D eigenvalue weighted by atomic mass is 19.4. The zero-order valence-corrected chi connectivity index (χ0v) is 15.3. The molecular weight excluding hydrogens is 349 g/mol. The van der Waals surface area contributed by atoms with Gasteiger partial charge in [0.2, 0.25) is 11.8 Å². The molecule has 26 heavy (non-hydrogen) atoms. The smallest absolute Gasteiger partial charge is 0.405 e. The third kappa shape index (κ3) is 7.33. The number of alkyl halides is 3. The fraction of sp³-hybridized carbons (Fsp3) is 0.556. The Balaban J connectivity index is 2.56. The van der Waals surface area contributed by atoms with E-state index in [9.17, 15) is 22.8 Å². The Labute approximate surface area is 151 Å². The normalized spacial score (nSPS) is 11.2. The van der Waals surface area contributed by atoms with Gasteiger partial charge in [0.05, 0.1) is 0 Å². The first-order chi connectivity index (χ1) is 12.2. The Morgan fingerprint density at radius 2 is 1.62 bits per heavy atom. The number of para-hydroxylation sites is 1. The first kappa shape index (κ1) is 21.8. The van der Waals surface area contributed by atoms with Crippen LogP contribution in [0.25, 0.3) is 0 Å². The minimum atomic E-state index is -4.79. The molecule has 8 heteroatoms. The number of hydrogen-bond acceptors (Lipinski definition) is 3. The lowest BCUT2D eigenvalue weighted by atomic mass is 10.1. The molecule has 0 saturated heterocycles. The highest BCUT2D eigenvalue weighted by Crippen LogP contribution is 2.27. The third-order valence-corrected chi connectivity index (χ3v) is 3.93. The molecule has 1 rings (SSSR count). The summed E-state index contributed by atoms with van der Waals surface area (Å²) in [5.41, 5.74) is 0.264. The molecule has 0 spiro atoms. The van der Waals surface area contributed by atoms with Crippen LogP contribution in [-0.2, 0) is 16.1 Å². The van der Waals surface area contributed by atoms with Gasteiger partial charge in [-0.1, -0.05) is 18.2 Å². The van der Waals surface area contributed by atoms with E-state index < -0.39 is 6.36 Å². The molecular formula is C18H25F3N2O3. The fourth-order valence-electron chi connectivity index (χ4n) is 2.52. The molecule has 0 heterocycles. The monoisotopic (exact) mass is 374 g/mol. The molecule has 0 aliphatic rings. The summed E-state index contributed by atoms with van der Waals surface area (Å²) in [6, 6.07) is 5.71. The fourth-order valence-corrected chi connectivity index (χ4v) is 2.52. The molecule has 0 aliphatic heterocycles. The average molecular weight is 374 g/mol. The number of amides is 2. The van der Waals surface area contributed by atoms with Crippen molar-refractivity contribution in [2.45, 2.75) is 46.0 Å². The molecule has 0 aromatic heterocycles. The first-order valence-corrected chi connectivity index (χ1v) is 8.53. The predicted octanol–water partition coefficient (Wildman–Crippen LogP) is 3.58. The van der Waals surface area contributed by atoms with Crippen molar-refractivity contribution in [1.82, 2.24) is 9.80 Å². The van der Waals surface area contributed by atoms with Crippen molar-refractivity contribution < 1.29 is 27.5 Å². The highest BCUT2D eigenvalue weighted by Gasteiger charge is 2.32. The lowest BCUT2D eigenvalue weighted by molar-refractivity contribution is -0.275. The van der Waals surface area contributed by atoms with E-state index >= 15 is 0 Å². The van der Waals surface area contributed by atoms with Crippen molar-refractivity contribution in [2.24, 2.45) is 0 Å². The van der Waals surface area contributed by atoms with Gasteiger partial charge in [0, 0.05) is 45.1 Å². The van der Waals surface area contributed by atoms with E-state index in [-0.39, 0.29) is 42.5 Å². The van der Waals surface area contributed by atoms with Crippen molar-refractivity contribution in [3.8, 4) is 5.75 Å². The van der Waals surface area contributed by atoms with Crippen molar-refractivity contribution >= 4 is 11.8 Å². The second kappa shape index (κ2) is 10.0. The molecule has 2 amide bonds. The third-order valence-electron chi connectivity index (χ3n) is 3.93. The van der Waals surface area contributed by atoms with Gasteiger partial charge in [-0.05, 0) is 26.3 Å². The van der Waals surface area contributed by atoms with Crippen LogP contribution in [0.15, 0.2) is 24.3 Å². The van der Waals surface area contributed by atoms with Crippen LogP contribution < -0.4 is 4.74 Å². The number of halogens is 3. The van der Waals surface area contributed by atoms with Crippen LogP contribution in [0.1, 0.15) is 38.7 Å². The van der Waals surface area contributed by atoms with Gasteiger partial charge in [0.1, 0.15) is 5.75 Å². The summed E-state index contributed by atoms with van der Waals surface area (Å²) in [5, 5.41) is 0. The number of rotatable bonds is 9. The SMILES string of the molecule is CCN(CC)C(=O)CCCC(=O)N(C)Cc1ccccc1OC(F)(F)F. The van der Waals surface area contributed by atoms with Crippen LogP contribution in [-0.4, -0.2) is 48.1 Å². The molecule has 0 saturated carbocycles. The number of carbonyl (C=O) groups is 2. The van der Waals surface area contributed by atoms with Crippen LogP contribution in [0.3, 0.4) is 0 Å². The summed E-state index contributed by atoms with van der Waals surface area (Å²) in [4.78, 5) is 27.1. The van der Waals surface area contributed by atoms with Crippen LogP contribution >= 0.6 is 0 Å². The number of ether oxygens (including phenoxy) is 1. The molecule has 0 atom stereocenters. The maximum atomic E-state index is 12.4. The van der Waals surface area contributed by atoms with Crippen LogP contribution in [0, 0.1) is 0 Å². The average Bonchev–Trinajstić information content (AvgIpc) is 2.56. The maximum Gasteiger partial charge on any atom is 0.573 e. The summed E-state index contributed by atoms with van der Waals surface area (Å²) in [6.45, 7) is 5.02. The molecule has 146 valence electrons. The van der Waals surface area contributed by atoms with E-state index in [0.717, 1.165) is 0 Å². The van der Waals surface area contributed by atoms with Gasteiger partial charge in [-0.15, -0.1) is 13.2 Å². The van der Waals surface area contributed by atoms with Gasteiger partial charge < -0.3 is 14.5 Å². The summed E-state index contributed by atoms with van der Waals surface area (Å²) in [6.07, 6.45) is -3.95. The van der Waals surface area contributed by atoms with Crippen molar-refractivity contribution in [2.75, 3.05) is 20.1 Å². The first-order valence-electron chi connectivity index (χ1n) is 8.53. The van der Waals surface area contributed by atoms with E-state index in [1.54, 1.807) is 11.0 Å². The van der Waals surface area contributed by atoms with Gasteiger partial charge in [0.25, 0.3) is 0 Å².